The molecule has 0 spiro atoms. The van der Waals surface area contributed by atoms with Crippen LogP contribution in [0.25, 0.3) is 22.0 Å². The minimum atomic E-state index is 0.705. The van der Waals surface area contributed by atoms with E-state index in [0.29, 0.717) is 5.69 Å². The molecule has 0 saturated heterocycles. The molecule has 2 aromatic carbocycles. The SMILES string of the molecule is On1nccc1-c1cccc2ccccc12. The highest BCUT2D eigenvalue weighted by atomic mass is 16.5. The zero-order chi connectivity index (χ0) is 11.0. The van der Waals surface area contributed by atoms with Gasteiger partial charge < -0.3 is 5.21 Å². The van der Waals surface area contributed by atoms with Gasteiger partial charge in [-0.3, -0.25) is 0 Å². The lowest BCUT2D eigenvalue weighted by atomic mass is 10.0. The minimum absolute atomic E-state index is 0.705. The quantitative estimate of drug-likeness (QED) is 0.627. The predicted molar refractivity (Wildman–Crippen MR) is 62.4 cm³/mol. The summed E-state index contributed by atoms with van der Waals surface area (Å²) in [5, 5.41) is 15.6. The summed E-state index contributed by atoms with van der Waals surface area (Å²) in [6.45, 7) is 0. The third-order valence-corrected chi connectivity index (χ3v) is 2.69. The molecule has 0 radical (unpaired) electrons. The summed E-state index contributed by atoms with van der Waals surface area (Å²) in [7, 11) is 0. The summed E-state index contributed by atoms with van der Waals surface area (Å²) in [5.41, 5.74) is 1.69. The van der Waals surface area contributed by atoms with Gasteiger partial charge in [0.2, 0.25) is 0 Å². The summed E-state index contributed by atoms with van der Waals surface area (Å²) in [6.07, 6.45) is 1.58. The van der Waals surface area contributed by atoms with Gasteiger partial charge in [-0.1, -0.05) is 42.5 Å². The molecular weight excluding hydrogens is 200 g/mol. The second-order valence-electron chi connectivity index (χ2n) is 3.63. The normalized spacial score (nSPS) is 10.8. The highest BCUT2D eigenvalue weighted by molar-refractivity contribution is 5.95. The number of hydrogen-bond acceptors (Lipinski definition) is 2. The number of rotatable bonds is 1. The van der Waals surface area contributed by atoms with Crippen molar-refractivity contribution >= 4 is 10.8 Å². The van der Waals surface area contributed by atoms with Crippen molar-refractivity contribution in [3.05, 3.63) is 54.7 Å². The standard InChI is InChI=1S/C13H10N2O/c16-15-13(8-9-14-15)12-7-3-5-10-4-1-2-6-11(10)12/h1-9,16H. The number of aromatic nitrogens is 2. The van der Waals surface area contributed by atoms with E-state index in [1.54, 1.807) is 12.3 Å². The van der Waals surface area contributed by atoms with E-state index in [9.17, 15) is 5.21 Å². The Hall–Kier alpha value is -2.29. The topological polar surface area (TPSA) is 38.0 Å². The van der Waals surface area contributed by atoms with E-state index >= 15 is 0 Å². The monoisotopic (exact) mass is 210 g/mol. The van der Waals surface area contributed by atoms with E-state index in [4.69, 9.17) is 0 Å². The van der Waals surface area contributed by atoms with Crippen LogP contribution in [0.5, 0.6) is 0 Å². The summed E-state index contributed by atoms with van der Waals surface area (Å²) in [5.74, 6) is 0. The van der Waals surface area contributed by atoms with Crippen molar-refractivity contribution in [2.75, 3.05) is 0 Å². The van der Waals surface area contributed by atoms with Crippen LogP contribution >= 0.6 is 0 Å². The molecule has 0 saturated carbocycles. The summed E-state index contributed by atoms with van der Waals surface area (Å²) in [4.78, 5) is 0.905. The highest BCUT2D eigenvalue weighted by Gasteiger charge is 2.07. The van der Waals surface area contributed by atoms with Crippen LogP contribution in [0.1, 0.15) is 0 Å². The van der Waals surface area contributed by atoms with Gasteiger partial charge in [-0.25, -0.2) is 0 Å². The van der Waals surface area contributed by atoms with Crippen molar-refractivity contribution in [2.45, 2.75) is 0 Å². The molecule has 3 rings (SSSR count). The molecular formula is C13H10N2O. The molecule has 0 atom stereocenters. The molecule has 0 aliphatic heterocycles. The fourth-order valence-electron chi connectivity index (χ4n) is 1.94. The predicted octanol–water partition coefficient (Wildman–Crippen LogP) is 2.94. The Bertz CT molecular complexity index is 638. The maximum atomic E-state index is 9.57. The van der Waals surface area contributed by atoms with Gasteiger partial charge in [0.1, 0.15) is 5.69 Å². The van der Waals surface area contributed by atoms with Crippen molar-refractivity contribution in [3.63, 3.8) is 0 Å². The van der Waals surface area contributed by atoms with E-state index in [1.807, 2.05) is 30.3 Å². The smallest absolute Gasteiger partial charge is 0.110 e. The van der Waals surface area contributed by atoms with Crippen LogP contribution in [0.4, 0.5) is 0 Å². The number of nitrogens with zero attached hydrogens (tertiary/aromatic N) is 2. The van der Waals surface area contributed by atoms with Gasteiger partial charge in [-0.05, 0) is 16.8 Å². The number of hydrogen-bond donors (Lipinski definition) is 1. The van der Waals surface area contributed by atoms with Crippen LogP contribution in [0.3, 0.4) is 0 Å². The molecule has 3 heteroatoms. The number of benzene rings is 2. The second-order valence-corrected chi connectivity index (χ2v) is 3.63. The van der Waals surface area contributed by atoms with Crippen molar-refractivity contribution in [1.82, 2.24) is 9.94 Å². The van der Waals surface area contributed by atoms with Crippen LogP contribution in [-0.2, 0) is 0 Å². The molecule has 0 aliphatic carbocycles. The van der Waals surface area contributed by atoms with Gasteiger partial charge in [-0.2, -0.15) is 0 Å². The zero-order valence-corrected chi connectivity index (χ0v) is 8.54. The van der Waals surface area contributed by atoms with Gasteiger partial charge in [0.15, 0.2) is 0 Å². The lowest BCUT2D eigenvalue weighted by Gasteiger charge is -2.05. The summed E-state index contributed by atoms with van der Waals surface area (Å²) >= 11 is 0. The molecule has 0 bridgehead atoms. The van der Waals surface area contributed by atoms with Crippen LogP contribution in [-0.4, -0.2) is 15.2 Å². The van der Waals surface area contributed by atoms with E-state index in [0.717, 1.165) is 21.2 Å². The first-order valence-electron chi connectivity index (χ1n) is 5.08. The Balaban J connectivity index is 2.36. The van der Waals surface area contributed by atoms with Gasteiger partial charge in [0, 0.05) is 5.56 Å². The highest BCUT2D eigenvalue weighted by Crippen LogP contribution is 2.27. The van der Waals surface area contributed by atoms with Crippen molar-refractivity contribution < 1.29 is 5.21 Å². The van der Waals surface area contributed by atoms with Crippen molar-refractivity contribution in [3.8, 4) is 11.3 Å². The van der Waals surface area contributed by atoms with Crippen LogP contribution in [0.2, 0.25) is 0 Å². The fourth-order valence-corrected chi connectivity index (χ4v) is 1.94. The third-order valence-electron chi connectivity index (χ3n) is 2.69. The van der Waals surface area contributed by atoms with Gasteiger partial charge in [0.05, 0.1) is 6.20 Å². The summed E-state index contributed by atoms with van der Waals surface area (Å²) < 4.78 is 0. The molecule has 0 fully saturated rings. The van der Waals surface area contributed by atoms with Gasteiger partial charge in [0.25, 0.3) is 0 Å². The molecule has 0 amide bonds. The largest absolute Gasteiger partial charge is 0.411 e. The average Bonchev–Trinajstić information content (AvgIpc) is 2.75. The fraction of sp³-hybridized carbons (Fsp3) is 0. The molecule has 16 heavy (non-hydrogen) atoms. The maximum Gasteiger partial charge on any atom is 0.110 e. The van der Waals surface area contributed by atoms with E-state index in [1.165, 1.54) is 0 Å². The average molecular weight is 210 g/mol. The first-order chi connectivity index (χ1) is 7.86. The second kappa shape index (κ2) is 3.38. The molecule has 0 unspecified atom stereocenters. The Kier molecular flexibility index (Phi) is 1.90. The van der Waals surface area contributed by atoms with Crippen molar-refractivity contribution in [1.29, 1.82) is 0 Å². The van der Waals surface area contributed by atoms with Crippen LogP contribution in [0.15, 0.2) is 54.7 Å². The maximum absolute atomic E-state index is 9.57. The molecule has 3 nitrogen and oxygen atoms in total. The molecule has 78 valence electrons. The first kappa shape index (κ1) is 8.97. The third kappa shape index (κ3) is 1.26. The molecule has 1 N–H and O–H groups in total. The van der Waals surface area contributed by atoms with Crippen LogP contribution in [0, 0.1) is 0 Å². The molecule has 1 aromatic heterocycles. The van der Waals surface area contributed by atoms with Gasteiger partial charge in [-0.15, -0.1) is 9.94 Å². The lowest BCUT2D eigenvalue weighted by molar-refractivity contribution is 0.153. The molecule has 3 aromatic rings. The van der Waals surface area contributed by atoms with E-state index < -0.39 is 0 Å². The van der Waals surface area contributed by atoms with E-state index in [2.05, 4.69) is 17.2 Å². The lowest BCUT2D eigenvalue weighted by Crippen LogP contribution is -1.95. The number of fused-ring (bicyclic) bond motifs is 1. The minimum Gasteiger partial charge on any atom is -0.411 e. The summed E-state index contributed by atoms with van der Waals surface area (Å²) in [6, 6.07) is 15.9. The first-order valence-corrected chi connectivity index (χ1v) is 5.08. The van der Waals surface area contributed by atoms with E-state index in [-0.39, 0.29) is 0 Å². The van der Waals surface area contributed by atoms with Gasteiger partial charge >= 0.3 is 0 Å². The zero-order valence-electron chi connectivity index (χ0n) is 8.54. The molecule has 0 aliphatic rings. The Morgan fingerprint density at radius 1 is 0.938 bits per heavy atom. The Morgan fingerprint density at radius 2 is 1.75 bits per heavy atom. The Morgan fingerprint density at radius 3 is 2.56 bits per heavy atom. The Labute approximate surface area is 92.5 Å². The van der Waals surface area contributed by atoms with Crippen molar-refractivity contribution in [2.24, 2.45) is 0 Å². The molecule has 1 heterocycles. The van der Waals surface area contributed by atoms with Crippen LogP contribution < -0.4 is 0 Å².